The quantitative estimate of drug-likeness (QED) is 0.339. The van der Waals surface area contributed by atoms with Gasteiger partial charge in [0.15, 0.2) is 12.2 Å². The van der Waals surface area contributed by atoms with E-state index >= 15 is 0 Å². The summed E-state index contributed by atoms with van der Waals surface area (Å²) in [4.78, 5) is 22.0. The highest BCUT2D eigenvalue weighted by molar-refractivity contribution is 9.10. The second kappa shape index (κ2) is 13.9. The molecule has 0 saturated carbocycles. The van der Waals surface area contributed by atoms with Gasteiger partial charge < -0.3 is 20.1 Å². The smallest absolute Gasteiger partial charge is 0.335 e. The Kier molecular flexibility index (Phi) is 11.3. The monoisotopic (exact) mass is 578 g/mol. The van der Waals surface area contributed by atoms with Gasteiger partial charge >= 0.3 is 11.9 Å². The molecule has 0 aliphatic carbocycles. The van der Waals surface area contributed by atoms with Crippen LogP contribution in [-0.4, -0.2) is 39.5 Å². The van der Waals surface area contributed by atoms with Crippen LogP contribution in [0.2, 0.25) is 0 Å². The molecule has 174 valence electrons. The van der Waals surface area contributed by atoms with E-state index < -0.39 is 24.1 Å². The molecule has 3 rings (SSSR count). The standard InChI is InChI=1S/C16H15BrO3.C9H9BrO3/c17-14-8-6-12(7-9-14)10-15(18)16(19)20-11-13-4-2-1-3-5-13;10-7-3-1-6(2-4-7)5-8(11)9(12)13/h1-9,15,18H,10-11H2;1-4,8,11H,5H2,(H,12,13)/t15-;8-/m11/s1. The maximum absolute atomic E-state index is 11.7. The van der Waals surface area contributed by atoms with Gasteiger partial charge in [-0.3, -0.25) is 0 Å². The summed E-state index contributed by atoms with van der Waals surface area (Å²) in [5.74, 6) is -1.79. The number of carbonyl (C=O) groups is 2. The van der Waals surface area contributed by atoms with Crippen molar-refractivity contribution in [2.24, 2.45) is 0 Å². The maximum atomic E-state index is 11.7. The van der Waals surface area contributed by atoms with Gasteiger partial charge in [0.05, 0.1) is 0 Å². The first-order chi connectivity index (χ1) is 15.7. The lowest BCUT2D eigenvalue weighted by atomic mass is 10.1. The molecule has 6 nitrogen and oxygen atoms in total. The van der Waals surface area contributed by atoms with Crippen molar-refractivity contribution in [3.63, 3.8) is 0 Å². The lowest BCUT2D eigenvalue weighted by Crippen LogP contribution is -2.25. The van der Waals surface area contributed by atoms with Crippen LogP contribution < -0.4 is 0 Å². The molecule has 3 aromatic carbocycles. The first kappa shape index (κ1) is 26.7. The Morgan fingerprint density at radius 3 is 1.61 bits per heavy atom. The summed E-state index contributed by atoms with van der Waals surface area (Å²) in [7, 11) is 0. The molecule has 0 heterocycles. The number of aliphatic hydroxyl groups is 2. The van der Waals surface area contributed by atoms with E-state index in [1.54, 1.807) is 12.1 Å². The van der Waals surface area contributed by atoms with E-state index in [2.05, 4.69) is 31.9 Å². The van der Waals surface area contributed by atoms with Crippen molar-refractivity contribution in [3.05, 3.63) is 104 Å². The van der Waals surface area contributed by atoms with E-state index in [1.807, 2.05) is 66.7 Å². The number of hydrogen-bond donors (Lipinski definition) is 3. The molecule has 0 unspecified atom stereocenters. The molecule has 0 saturated heterocycles. The zero-order chi connectivity index (χ0) is 24.2. The minimum absolute atomic E-state index is 0.141. The third-order valence-corrected chi connectivity index (χ3v) is 5.52. The number of aliphatic hydroxyl groups excluding tert-OH is 2. The third-order valence-electron chi connectivity index (χ3n) is 4.47. The second-order valence-electron chi connectivity index (χ2n) is 7.12. The van der Waals surface area contributed by atoms with Crippen molar-refractivity contribution in [1.29, 1.82) is 0 Å². The summed E-state index contributed by atoms with van der Waals surface area (Å²) < 4.78 is 6.98. The van der Waals surface area contributed by atoms with Gasteiger partial charge in [-0.05, 0) is 41.0 Å². The van der Waals surface area contributed by atoms with Crippen molar-refractivity contribution < 1.29 is 29.6 Å². The molecular formula is C25H24Br2O6. The lowest BCUT2D eigenvalue weighted by molar-refractivity contribution is -0.154. The molecule has 0 fully saturated rings. The number of hydrogen-bond acceptors (Lipinski definition) is 5. The van der Waals surface area contributed by atoms with Crippen molar-refractivity contribution in [3.8, 4) is 0 Å². The van der Waals surface area contributed by atoms with Gasteiger partial charge in [-0.1, -0.05) is 86.5 Å². The molecule has 33 heavy (non-hydrogen) atoms. The van der Waals surface area contributed by atoms with Crippen LogP contribution in [-0.2, 0) is 33.8 Å². The topological polar surface area (TPSA) is 104 Å². The summed E-state index contributed by atoms with van der Waals surface area (Å²) >= 11 is 6.60. The summed E-state index contributed by atoms with van der Waals surface area (Å²) in [6.07, 6.45) is -2.06. The van der Waals surface area contributed by atoms with Crippen molar-refractivity contribution >= 4 is 43.8 Å². The summed E-state index contributed by atoms with van der Waals surface area (Å²) in [6.45, 7) is 0.178. The van der Waals surface area contributed by atoms with Crippen LogP contribution in [0, 0.1) is 0 Å². The van der Waals surface area contributed by atoms with Crippen LogP contribution >= 0.6 is 31.9 Å². The van der Waals surface area contributed by atoms with Crippen LogP contribution in [0.4, 0.5) is 0 Å². The van der Waals surface area contributed by atoms with E-state index in [0.29, 0.717) is 0 Å². The summed E-state index contributed by atoms with van der Waals surface area (Å²) in [6, 6.07) is 24.0. The fraction of sp³-hybridized carbons (Fsp3) is 0.200. The number of ether oxygens (including phenoxy) is 1. The van der Waals surface area contributed by atoms with Gasteiger partial charge in [0.1, 0.15) is 6.61 Å². The molecule has 0 aromatic heterocycles. The first-order valence-corrected chi connectivity index (χ1v) is 11.6. The number of carbonyl (C=O) groups excluding carboxylic acids is 1. The Balaban J connectivity index is 0.000000257. The largest absolute Gasteiger partial charge is 0.479 e. The lowest BCUT2D eigenvalue weighted by Gasteiger charge is -2.11. The Morgan fingerprint density at radius 2 is 1.15 bits per heavy atom. The number of esters is 1. The second-order valence-corrected chi connectivity index (χ2v) is 8.96. The fourth-order valence-corrected chi connectivity index (χ4v) is 3.21. The molecule has 0 aliphatic heterocycles. The van der Waals surface area contributed by atoms with Crippen LogP contribution in [0.15, 0.2) is 87.8 Å². The van der Waals surface area contributed by atoms with Gasteiger partial charge in [0, 0.05) is 21.8 Å². The zero-order valence-corrected chi connectivity index (χ0v) is 20.8. The molecule has 0 spiro atoms. The predicted octanol–water partition coefficient (Wildman–Crippen LogP) is 4.53. The molecule has 3 aromatic rings. The minimum Gasteiger partial charge on any atom is -0.479 e. The number of carboxylic acid groups (broad SMARTS) is 1. The summed E-state index contributed by atoms with van der Waals surface area (Å²) in [5, 5.41) is 27.3. The molecule has 8 heteroatoms. The molecule has 0 radical (unpaired) electrons. The molecule has 3 N–H and O–H groups in total. The SMILES string of the molecule is O=C(O)[C@H](O)Cc1ccc(Br)cc1.O=C(OCc1ccccc1)[C@H](O)Cc1ccc(Br)cc1. The van der Waals surface area contributed by atoms with Crippen LogP contribution in [0.1, 0.15) is 16.7 Å². The third kappa shape index (κ3) is 10.3. The van der Waals surface area contributed by atoms with Gasteiger partial charge in [-0.2, -0.15) is 0 Å². The van der Waals surface area contributed by atoms with Crippen LogP contribution in [0.3, 0.4) is 0 Å². The Bertz CT molecular complexity index is 1010. The van der Waals surface area contributed by atoms with Crippen molar-refractivity contribution in [2.75, 3.05) is 0 Å². The minimum atomic E-state index is -1.32. The fourth-order valence-electron chi connectivity index (χ4n) is 2.68. The van der Waals surface area contributed by atoms with Gasteiger partial charge in [0.25, 0.3) is 0 Å². The molecule has 0 amide bonds. The number of rotatable bonds is 8. The van der Waals surface area contributed by atoms with E-state index in [-0.39, 0.29) is 19.4 Å². The van der Waals surface area contributed by atoms with Crippen LogP contribution in [0.25, 0.3) is 0 Å². The first-order valence-electron chi connectivity index (χ1n) is 10.0. The average Bonchev–Trinajstić information content (AvgIpc) is 2.81. The Morgan fingerprint density at radius 1 is 0.697 bits per heavy atom. The maximum Gasteiger partial charge on any atom is 0.335 e. The highest BCUT2D eigenvalue weighted by Crippen LogP contribution is 2.13. The van der Waals surface area contributed by atoms with E-state index in [9.17, 15) is 14.7 Å². The zero-order valence-electron chi connectivity index (χ0n) is 17.6. The predicted molar refractivity (Wildman–Crippen MR) is 132 cm³/mol. The Hall–Kier alpha value is -2.52. The number of aliphatic carboxylic acids is 1. The van der Waals surface area contributed by atoms with E-state index in [4.69, 9.17) is 14.9 Å². The normalized spacial score (nSPS) is 12.1. The van der Waals surface area contributed by atoms with Crippen molar-refractivity contribution in [1.82, 2.24) is 0 Å². The van der Waals surface area contributed by atoms with E-state index in [0.717, 1.165) is 25.6 Å². The number of benzene rings is 3. The average molecular weight is 580 g/mol. The highest BCUT2D eigenvalue weighted by atomic mass is 79.9. The highest BCUT2D eigenvalue weighted by Gasteiger charge is 2.17. The van der Waals surface area contributed by atoms with Gasteiger partial charge in [0.2, 0.25) is 0 Å². The molecule has 2 atom stereocenters. The summed E-state index contributed by atoms with van der Waals surface area (Å²) in [5.41, 5.74) is 2.59. The molecule has 0 aliphatic rings. The molecular weight excluding hydrogens is 556 g/mol. The van der Waals surface area contributed by atoms with Crippen LogP contribution in [0.5, 0.6) is 0 Å². The van der Waals surface area contributed by atoms with Gasteiger partial charge in [-0.25, -0.2) is 9.59 Å². The number of carboxylic acids is 1. The van der Waals surface area contributed by atoms with Gasteiger partial charge in [-0.15, -0.1) is 0 Å². The molecule has 0 bridgehead atoms. The number of halogens is 2. The Labute approximate surface area is 209 Å². The van der Waals surface area contributed by atoms with E-state index in [1.165, 1.54) is 0 Å². The van der Waals surface area contributed by atoms with Crippen molar-refractivity contribution in [2.45, 2.75) is 31.7 Å².